The second-order valence-corrected chi connectivity index (χ2v) is 8.12. The van der Waals surface area contributed by atoms with Gasteiger partial charge < -0.3 is 17.6 Å². The summed E-state index contributed by atoms with van der Waals surface area (Å²) in [6, 6.07) is 11.3. The van der Waals surface area contributed by atoms with Crippen LogP contribution < -0.4 is 0 Å². The molecule has 0 aliphatic carbocycles. The maximum Gasteiger partial charge on any atom is 0.640 e. The zero-order valence-corrected chi connectivity index (χ0v) is 16.5. The van der Waals surface area contributed by atoms with Gasteiger partial charge in [-0.3, -0.25) is 4.90 Å². The molecular formula is C21H21BClF2N3. The number of allylic oxidation sites excluding steroid dienone is 1. The van der Waals surface area contributed by atoms with Gasteiger partial charge in [0.05, 0.1) is 23.9 Å². The summed E-state index contributed by atoms with van der Waals surface area (Å²) in [6.07, 6.45) is 6.89. The molecule has 0 amide bonds. The Hall–Kier alpha value is -2.34. The standard InChI is InChI=1S/C21H21BClF2N3/c1-15-5-7-16(8-6-15)21-17-9-11-19(23)27(17)22(24,25)28-18(21)10-12-20(28)26-13-3-2-4-14-26/h5-12H,2-4,13-14H2,1H3. The normalized spacial score (nSPS) is 20.6. The number of benzene rings is 1. The molecule has 3 aliphatic rings. The molecule has 4 heterocycles. The van der Waals surface area contributed by atoms with Gasteiger partial charge in [-0.2, -0.15) is 0 Å². The van der Waals surface area contributed by atoms with E-state index in [2.05, 4.69) is 4.90 Å². The Morgan fingerprint density at radius 3 is 2.39 bits per heavy atom. The van der Waals surface area contributed by atoms with E-state index >= 15 is 8.63 Å². The molecule has 0 bridgehead atoms. The molecule has 1 aromatic heterocycles. The summed E-state index contributed by atoms with van der Waals surface area (Å²) in [5.74, 6) is 0.583. The minimum Gasteiger partial charge on any atom is -0.414 e. The number of rotatable bonds is 1. The van der Waals surface area contributed by atoms with E-state index in [1.165, 1.54) is 4.49 Å². The molecule has 0 radical (unpaired) electrons. The maximum absolute atomic E-state index is 15.8. The second-order valence-electron chi connectivity index (χ2n) is 7.74. The highest BCUT2D eigenvalue weighted by molar-refractivity contribution is 6.59. The number of aromatic nitrogens is 1. The van der Waals surface area contributed by atoms with E-state index < -0.39 is 6.97 Å². The van der Waals surface area contributed by atoms with Crippen LogP contribution in [0.4, 0.5) is 8.63 Å². The fourth-order valence-electron chi connectivity index (χ4n) is 4.55. The van der Waals surface area contributed by atoms with Gasteiger partial charge in [0, 0.05) is 17.3 Å². The summed E-state index contributed by atoms with van der Waals surface area (Å²) in [6.45, 7) is -0.437. The van der Waals surface area contributed by atoms with Gasteiger partial charge in [0.25, 0.3) is 0 Å². The molecule has 5 rings (SSSR count). The van der Waals surface area contributed by atoms with Gasteiger partial charge in [0.1, 0.15) is 0 Å². The first kappa shape index (κ1) is 17.7. The molecule has 0 N–H and O–H groups in total. The fourth-order valence-corrected chi connectivity index (χ4v) is 4.83. The van der Waals surface area contributed by atoms with Crippen molar-refractivity contribution in [2.45, 2.75) is 26.2 Å². The van der Waals surface area contributed by atoms with Crippen LogP contribution in [-0.2, 0) is 0 Å². The van der Waals surface area contributed by atoms with Crippen LogP contribution in [0.1, 0.15) is 36.1 Å². The number of hydrogen-bond acceptors (Lipinski definition) is 1. The average molecular weight is 400 g/mol. The SMILES string of the molecule is Cc1ccc(C2=C3C=CC(N4CCCCC4)=[N+]3[B-](F)(F)n3c(Cl)ccc32)cc1. The van der Waals surface area contributed by atoms with Gasteiger partial charge in [0.2, 0.25) is 5.84 Å². The van der Waals surface area contributed by atoms with Gasteiger partial charge >= 0.3 is 6.97 Å². The van der Waals surface area contributed by atoms with Crippen molar-refractivity contribution in [3.8, 4) is 0 Å². The molecular weight excluding hydrogens is 379 g/mol. The van der Waals surface area contributed by atoms with Gasteiger partial charge in [-0.05, 0) is 50.0 Å². The molecule has 3 aliphatic heterocycles. The first-order chi connectivity index (χ1) is 13.5. The second kappa shape index (κ2) is 6.34. The van der Waals surface area contributed by atoms with Crippen LogP contribution in [0.15, 0.2) is 54.2 Å². The number of nitrogens with zero attached hydrogens (tertiary/aromatic N) is 3. The van der Waals surface area contributed by atoms with E-state index in [9.17, 15) is 0 Å². The first-order valence-corrected chi connectivity index (χ1v) is 10.2. The molecule has 2 aromatic rings. The van der Waals surface area contributed by atoms with Crippen molar-refractivity contribution in [3.05, 3.63) is 76.2 Å². The van der Waals surface area contributed by atoms with Crippen molar-refractivity contribution >= 4 is 30.0 Å². The number of halogens is 3. The predicted octanol–water partition coefficient (Wildman–Crippen LogP) is 4.91. The largest absolute Gasteiger partial charge is 0.640 e. The van der Waals surface area contributed by atoms with Crippen LogP contribution >= 0.6 is 11.6 Å². The van der Waals surface area contributed by atoms with Gasteiger partial charge in [-0.25, -0.2) is 0 Å². The first-order valence-electron chi connectivity index (χ1n) is 9.79. The van der Waals surface area contributed by atoms with Crippen molar-refractivity contribution in [1.82, 2.24) is 9.38 Å². The Kier molecular flexibility index (Phi) is 4.02. The molecule has 1 saturated heterocycles. The summed E-state index contributed by atoms with van der Waals surface area (Å²) in [5, 5.41) is 0.0635. The maximum atomic E-state index is 15.8. The van der Waals surface area contributed by atoms with Crippen molar-refractivity contribution in [2.75, 3.05) is 13.1 Å². The number of aryl methyl sites for hydroxylation is 1. The fraction of sp³-hybridized carbons (Fsp3) is 0.286. The molecule has 28 heavy (non-hydrogen) atoms. The lowest BCUT2D eigenvalue weighted by molar-refractivity contribution is -0.368. The summed E-state index contributed by atoms with van der Waals surface area (Å²) in [4.78, 5) is 2.08. The quantitative estimate of drug-likeness (QED) is 0.620. The molecule has 1 fully saturated rings. The summed E-state index contributed by atoms with van der Waals surface area (Å²) in [7, 11) is 0. The van der Waals surface area contributed by atoms with Gasteiger partial charge in [-0.15, -0.1) is 0 Å². The number of amidine groups is 1. The smallest absolute Gasteiger partial charge is 0.414 e. The molecule has 0 saturated carbocycles. The summed E-state index contributed by atoms with van der Waals surface area (Å²) in [5.41, 5.74) is 3.86. The molecule has 0 atom stereocenters. The third kappa shape index (κ3) is 2.50. The Morgan fingerprint density at radius 1 is 0.964 bits per heavy atom. The predicted molar refractivity (Wildman–Crippen MR) is 110 cm³/mol. The molecule has 7 heteroatoms. The van der Waals surface area contributed by atoms with Crippen molar-refractivity contribution in [2.24, 2.45) is 0 Å². The van der Waals surface area contributed by atoms with Crippen molar-refractivity contribution in [1.29, 1.82) is 0 Å². The molecule has 3 nitrogen and oxygen atoms in total. The number of hydrogen-bond donors (Lipinski definition) is 0. The number of likely N-dealkylation sites (tertiary alicyclic amines) is 1. The van der Waals surface area contributed by atoms with E-state index in [0.717, 1.165) is 53.5 Å². The van der Waals surface area contributed by atoms with Crippen molar-refractivity contribution in [3.63, 3.8) is 0 Å². The lowest BCUT2D eigenvalue weighted by atomic mass is 9.86. The van der Waals surface area contributed by atoms with Crippen LogP contribution in [-0.4, -0.2) is 39.8 Å². The van der Waals surface area contributed by atoms with Crippen LogP contribution in [0.2, 0.25) is 5.15 Å². The van der Waals surface area contributed by atoms with Gasteiger partial charge in [-0.1, -0.05) is 41.4 Å². The molecule has 0 spiro atoms. The van der Waals surface area contributed by atoms with E-state index in [-0.39, 0.29) is 5.15 Å². The topological polar surface area (TPSA) is 11.2 Å². The molecule has 0 unspecified atom stereocenters. The molecule has 1 aromatic carbocycles. The third-order valence-corrected chi connectivity index (χ3v) is 6.23. The molecule has 144 valence electrons. The minimum absolute atomic E-state index is 0.0635. The van der Waals surface area contributed by atoms with E-state index in [0.29, 0.717) is 17.2 Å². The summed E-state index contributed by atoms with van der Waals surface area (Å²) < 4.78 is 33.7. The average Bonchev–Trinajstić information content (AvgIpc) is 3.30. The Bertz CT molecular complexity index is 1040. The zero-order chi connectivity index (χ0) is 19.5. The number of piperidine rings is 1. The lowest BCUT2D eigenvalue weighted by Gasteiger charge is -2.37. The zero-order valence-electron chi connectivity index (χ0n) is 15.7. The van der Waals surface area contributed by atoms with Crippen LogP contribution in [0.5, 0.6) is 0 Å². The highest BCUT2D eigenvalue weighted by Gasteiger charge is 2.50. The Balaban J connectivity index is 1.79. The highest BCUT2D eigenvalue weighted by Crippen LogP contribution is 2.41. The Morgan fingerprint density at radius 2 is 1.68 bits per heavy atom. The number of fused-ring (bicyclic) bond motifs is 2. The van der Waals surface area contributed by atoms with Gasteiger partial charge in [0.15, 0.2) is 0 Å². The Labute approximate surface area is 168 Å². The monoisotopic (exact) mass is 399 g/mol. The van der Waals surface area contributed by atoms with E-state index in [1.54, 1.807) is 12.1 Å². The van der Waals surface area contributed by atoms with E-state index in [4.69, 9.17) is 11.6 Å². The van der Waals surface area contributed by atoms with Crippen molar-refractivity contribution < 1.29 is 13.1 Å². The van der Waals surface area contributed by atoms with Crippen LogP contribution in [0.25, 0.3) is 5.57 Å². The lowest BCUT2D eigenvalue weighted by Crippen LogP contribution is -2.54. The van der Waals surface area contributed by atoms with E-state index in [1.807, 2.05) is 43.3 Å². The minimum atomic E-state index is -4.07. The van der Waals surface area contributed by atoms with Crippen LogP contribution in [0.3, 0.4) is 0 Å². The highest BCUT2D eigenvalue weighted by atomic mass is 35.5. The summed E-state index contributed by atoms with van der Waals surface area (Å²) >= 11 is 6.25. The van der Waals surface area contributed by atoms with Crippen LogP contribution in [0, 0.1) is 6.92 Å². The third-order valence-electron chi connectivity index (χ3n) is 5.92.